The number of ether oxygens (including phenoxy) is 2. The van der Waals surface area contributed by atoms with Crippen molar-refractivity contribution in [3.8, 4) is 0 Å². The van der Waals surface area contributed by atoms with Gasteiger partial charge >= 0.3 is 6.18 Å². The van der Waals surface area contributed by atoms with Crippen molar-refractivity contribution in [3.05, 3.63) is 0 Å². The van der Waals surface area contributed by atoms with E-state index in [1.807, 2.05) is 0 Å². The summed E-state index contributed by atoms with van der Waals surface area (Å²) >= 11 is 0. The van der Waals surface area contributed by atoms with Gasteiger partial charge in [0, 0.05) is 25.4 Å². The maximum Gasteiger partial charge on any atom is 0.390 e. The zero-order chi connectivity index (χ0) is 12.4. The maximum absolute atomic E-state index is 12.0. The molecule has 100 valence electrons. The molecule has 1 saturated carbocycles. The van der Waals surface area contributed by atoms with Crippen LogP contribution in [0.1, 0.15) is 32.1 Å². The highest BCUT2D eigenvalue weighted by molar-refractivity contribution is 4.85. The van der Waals surface area contributed by atoms with Crippen molar-refractivity contribution in [2.45, 2.75) is 50.1 Å². The van der Waals surface area contributed by atoms with Crippen LogP contribution in [0.25, 0.3) is 0 Å². The molecular weight excluding hydrogens is 235 g/mol. The summed E-state index contributed by atoms with van der Waals surface area (Å²) in [5.41, 5.74) is 0. The van der Waals surface area contributed by atoms with Gasteiger partial charge in [-0.15, -0.1) is 0 Å². The molecule has 0 atom stereocenters. The molecule has 2 fully saturated rings. The fourth-order valence-corrected chi connectivity index (χ4v) is 2.47. The van der Waals surface area contributed by atoms with E-state index < -0.39 is 18.4 Å². The van der Waals surface area contributed by atoms with Gasteiger partial charge in [-0.1, -0.05) is 0 Å². The van der Waals surface area contributed by atoms with Gasteiger partial charge in [0.1, 0.15) is 0 Å². The summed E-state index contributed by atoms with van der Waals surface area (Å²) in [5, 5.41) is 2.95. The number of hydrogen-bond acceptors (Lipinski definition) is 3. The summed E-state index contributed by atoms with van der Waals surface area (Å²) in [7, 11) is 0. The summed E-state index contributed by atoms with van der Waals surface area (Å²) in [6.45, 7) is 1.27. The molecular formula is C11H18F3NO2. The topological polar surface area (TPSA) is 30.5 Å². The quantitative estimate of drug-likeness (QED) is 0.836. The summed E-state index contributed by atoms with van der Waals surface area (Å²) in [4.78, 5) is 0. The van der Waals surface area contributed by atoms with Gasteiger partial charge in [-0.2, -0.15) is 13.2 Å². The smallest absolute Gasteiger partial charge is 0.348 e. The summed E-state index contributed by atoms with van der Waals surface area (Å²) < 4.78 is 47.0. The molecule has 1 aliphatic heterocycles. The van der Waals surface area contributed by atoms with Gasteiger partial charge < -0.3 is 14.8 Å². The van der Waals surface area contributed by atoms with E-state index in [-0.39, 0.29) is 12.6 Å². The molecule has 2 aliphatic rings. The third-order valence-electron chi connectivity index (χ3n) is 3.40. The second kappa shape index (κ2) is 5.12. The SMILES string of the molecule is FC(F)(F)CCNC1CCC2(CC1)OCCO2. The van der Waals surface area contributed by atoms with Crippen molar-refractivity contribution >= 4 is 0 Å². The fraction of sp³-hybridized carbons (Fsp3) is 1.00. The Morgan fingerprint density at radius 1 is 1.12 bits per heavy atom. The van der Waals surface area contributed by atoms with Crippen LogP contribution < -0.4 is 5.32 Å². The predicted octanol–water partition coefficient (Wildman–Crippen LogP) is 2.21. The number of halogens is 3. The summed E-state index contributed by atoms with van der Waals surface area (Å²) in [6.07, 6.45) is -1.65. The zero-order valence-electron chi connectivity index (χ0n) is 9.68. The zero-order valence-corrected chi connectivity index (χ0v) is 9.68. The van der Waals surface area contributed by atoms with Gasteiger partial charge in [0.15, 0.2) is 5.79 Å². The number of rotatable bonds is 3. The van der Waals surface area contributed by atoms with E-state index in [2.05, 4.69) is 5.32 Å². The lowest BCUT2D eigenvalue weighted by molar-refractivity contribution is -0.180. The Morgan fingerprint density at radius 2 is 1.71 bits per heavy atom. The molecule has 1 aliphatic carbocycles. The largest absolute Gasteiger partial charge is 0.390 e. The van der Waals surface area contributed by atoms with Crippen LogP contribution in [0.2, 0.25) is 0 Å². The highest BCUT2D eigenvalue weighted by Gasteiger charge is 2.40. The first-order valence-corrected chi connectivity index (χ1v) is 6.07. The van der Waals surface area contributed by atoms with E-state index in [0.29, 0.717) is 13.2 Å². The molecule has 17 heavy (non-hydrogen) atoms. The van der Waals surface area contributed by atoms with E-state index in [1.54, 1.807) is 0 Å². The van der Waals surface area contributed by atoms with Crippen LogP contribution in [0.5, 0.6) is 0 Å². The van der Waals surface area contributed by atoms with Gasteiger partial charge in [0.05, 0.1) is 19.6 Å². The fourth-order valence-electron chi connectivity index (χ4n) is 2.47. The van der Waals surface area contributed by atoms with E-state index in [0.717, 1.165) is 25.7 Å². The van der Waals surface area contributed by atoms with Crippen molar-refractivity contribution < 1.29 is 22.6 Å². The van der Waals surface area contributed by atoms with Crippen molar-refractivity contribution in [3.63, 3.8) is 0 Å². The number of alkyl halides is 3. The van der Waals surface area contributed by atoms with Crippen LogP contribution in [0, 0.1) is 0 Å². The Morgan fingerprint density at radius 3 is 2.24 bits per heavy atom. The second-order valence-electron chi connectivity index (χ2n) is 4.70. The Hall–Kier alpha value is -0.330. The average Bonchev–Trinajstić information content (AvgIpc) is 2.68. The molecule has 0 radical (unpaired) electrons. The lowest BCUT2D eigenvalue weighted by atomic mass is 9.90. The minimum atomic E-state index is -4.07. The summed E-state index contributed by atoms with van der Waals surface area (Å²) in [6, 6.07) is 0.163. The van der Waals surface area contributed by atoms with Gasteiger partial charge in [-0.3, -0.25) is 0 Å². The third kappa shape index (κ3) is 3.82. The van der Waals surface area contributed by atoms with Gasteiger partial charge in [-0.05, 0) is 12.8 Å². The third-order valence-corrected chi connectivity index (χ3v) is 3.40. The van der Waals surface area contributed by atoms with Crippen LogP contribution in [0.15, 0.2) is 0 Å². The minimum absolute atomic E-state index is 0.00286. The van der Waals surface area contributed by atoms with Gasteiger partial charge in [0.2, 0.25) is 0 Å². The molecule has 3 nitrogen and oxygen atoms in total. The van der Waals surface area contributed by atoms with E-state index >= 15 is 0 Å². The van der Waals surface area contributed by atoms with Crippen LogP contribution >= 0.6 is 0 Å². The minimum Gasteiger partial charge on any atom is -0.348 e. The summed E-state index contributed by atoms with van der Waals surface area (Å²) in [5.74, 6) is -0.428. The molecule has 0 aromatic carbocycles. The molecule has 1 saturated heterocycles. The molecule has 2 rings (SSSR count). The van der Waals surface area contributed by atoms with Crippen LogP contribution in [-0.2, 0) is 9.47 Å². The molecule has 0 amide bonds. The normalized spacial score (nSPS) is 25.6. The van der Waals surface area contributed by atoms with Crippen LogP contribution in [0.4, 0.5) is 13.2 Å². The average molecular weight is 253 g/mol. The molecule has 0 unspecified atom stereocenters. The molecule has 0 aromatic heterocycles. The Balaban J connectivity index is 1.65. The van der Waals surface area contributed by atoms with Crippen molar-refractivity contribution in [2.75, 3.05) is 19.8 Å². The monoisotopic (exact) mass is 253 g/mol. The van der Waals surface area contributed by atoms with Crippen molar-refractivity contribution in [2.24, 2.45) is 0 Å². The van der Waals surface area contributed by atoms with Crippen LogP contribution in [0.3, 0.4) is 0 Å². The number of nitrogens with one attached hydrogen (secondary N) is 1. The molecule has 6 heteroatoms. The molecule has 1 spiro atoms. The molecule has 1 heterocycles. The highest BCUT2D eigenvalue weighted by Crippen LogP contribution is 2.35. The lowest BCUT2D eigenvalue weighted by Crippen LogP contribution is -2.42. The van der Waals surface area contributed by atoms with E-state index in [4.69, 9.17) is 9.47 Å². The first-order chi connectivity index (χ1) is 7.99. The van der Waals surface area contributed by atoms with Gasteiger partial charge in [0.25, 0.3) is 0 Å². The maximum atomic E-state index is 12.0. The molecule has 1 N–H and O–H groups in total. The molecule has 0 bridgehead atoms. The van der Waals surface area contributed by atoms with Crippen LogP contribution in [-0.4, -0.2) is 37.8 Å². The van der Waals surface area contributed by atoms with E-state index in [9.17, 15) is 13.2 Å². The Labute approximate surface area is 98.7 Å². The first kappa shape index (κ1) is 13.1. The molecule has 0 aromatic rings. The van der Waals surface area contributed by atoms with Gasteiger partial charge in [-0.25, -0.2) is 0 Å². The first-order valence-electron chi connectivity index (χ1n) is 6.07. The van der Waals surface area contributed by atoms with E-state index in [1.165, 1.54) is 0 Å². The van der Waals surface area contributed by atoms with Crippen molar-refractivity contribution in [1.82, 2.24) is 5.32 Å². The number of hydrogen-bond donors (Lipinski definition) is 1. The lowest BCUT2D eigenvalue weighted by Gasteiger charge is -2.35. The predicted molar refractivity (Wildman–Crippen MR) is 55.6 cm³/mol. The Bertz CT molecular complexity index is 242. The standard InChI is InChI=1S/C11H18F3NO2/c12-11(13,14)5-6-15-9-1-3-10(4-2-9)16-7-8-17-10/h9,15H,1-8H2. The second-order valence-corrected chi connectivity index (χ2v) is 4.70. The highest BCUT2D eigenvalue weighted by atomic mass is 19.4. The van der Waals surface area contributed by atoms with Crippen molar-refractivity contribution in [1.29, 1.82) is 0 Å². The Kier molecular flexibility index (Phi) is 3.95.